The van der Waals surface area contributed by atoms with Crippen LogP contribution < -0.4 is 11.0 Å². The van der Waals surface area contributed by atoms with Crippen molar-refractivity contribution < 1.29 is 10.4 Å². The molecule has 2 atom stereocenters. The molecule has 0 aromatic rings. The Balaban J connectivity index is 2.20. The van der Waals surface area contributed by atoms with Gasteiger partial charge in [0.1, 0.15) is 0 Å². The first-order valence-electron chi connectivity index (χ1n) is 4.60. The number of rotatable bonds is 4. The molecule has 0 radical (unpaired) electrons. The molecule has 0 aromatic heterocycles. The first kappa shape index (κ1) is 9.92. The number of hydroxylamine groups is 2. The minimum atomic E-state index is 0.571. The molecule has 0 saturated heterocycles. The molecule has 0 amide bonds. The van der Waals surface area contributed by atoms with E-state index in [2.05, 4.69) is 11.0 Å². The van der Waals surface area contributed by atoms with Crippen LogP contribution in [0.5, 0.6) is 0 Å². The number of hydrogen-bond donors (Lipinski definition) is 4. The van der Waals surface area contributed by atoms with E-state index < -0.39 is 0 Å². The van der Waals surface area contributed by atoms with Crippen LogP contribution in [-0.2, 0) is 0 Å². The van der Waals surface area contributed by atoms with Gasteiger partial charge in [-0.2, -0.15) is 0 Å². The second-order valence-corrected chi connectivity index (χ2v) is 3.62. The van der Waals surface area contributed by atoms with Crippen LogP contribution in [0.15, 0.2) is 0 Å². The van der Waals surface area contributed by atoms with E-state index in [0.29, 0.717) is 24.9 Å². The van der Waals surface area contributed by atoms with Gasteiger partial charge in [0.25, 0.3) is 0 Å². The number of hydrogen-bond acceptors (Lipinski definition) is 4. The van der Waals surface area contributed by atoms with Crippen LogP contribution in [-0.4, -0.2) is 23.5 Å². The molecule has 1 aliphatic rings. The van der Waals surface area contributed by atoms with Crippen molar-refractivity contribution in [2.45, 2.75) is 25.7 Å². The maximum atomic E-state index is 8.52. The quantitative estimate of drug-likeness (QED) is 0.475. The molecule has 72 valence electrons. The lowest BCUT2D eigenvalue weighted by Crippen LogP contribution is -2.29. The minimum absolute atomic E-state index is 0.571. The molecule has 12 heavy (non-hydrogen) atoms. The molecule has 4 nitrogen and oxygen atoms in total. The van der Waals surface area contributed by atoms with E-state index in [4.69, 9.17) is 10.4 Å². The molecule has 4 heteroatoms. The van der Waals surface area contributed by atoms with Crippen molar-refractivity contribution in [3.63, 3.8) is 0 Å². The molecule has 4 N–H and O–H groups in total. The summed E-state index contributed by atoms with van der Waals surface area (Å²) in [7, 11) is 0. The molecule has 1 fully saturated rings. The van der Waals surface area contributed by atoms with Gasteiger partial charge in [0, 0.05) is 13.1 Å². The van der Waals surface area contributed by atoms with Crippen LogP contribution in [0.25, 0.3) is 0 Å². The van der Waals surface area contributed by atoms with Gasteiger partial charge in [-0.05, 0) is 31.1 Å². The summed E-state index contributed by atoms with van der Waals surface area (Å²) in [6, 6.07) is 0. The molecule has 1 rings (SSSR count). The van der Waals surface area contributed by atoms with Crippen molar-refractivity contribution in [2.24, 2.45) is 11.8 Å². The zero-order valence-corrected chi connectivity index (χ0v) is 7.29. The average Bonchev–Trinajstić information content (AvgIpc) is 2.06. The molecule has 2 unspecified atom stereocenters. The van der Waals surface area contributed by atoms with E-state index in [1.807, 2.05) is 0 Å². The third-order valence-corrected chi connectivity index (χ3v) is 2.65. The highest BCUT2D eigenvalue weighted by Crippen LogP contribution is 2.27. The Morgan fingerprint density at radius 2 is 1.50 bits per heavy atom. The monoisotopic (exact) mass is 174 g/mol. The van der Waals surface area contributed by atoms with Crippen molar-refractivity contribution in [3.05, 3.63) is 0 Å². The van der Waals surface area contributed by atoms with Gasteiger partial charge in [-0.25, -0.2) is 11.0 Å². The highest BCUT2D eigenvalue weighted by molar-refractivity contribution is 4.74. The highest BCUT2D eigenvalue weighted by Gasteiger charge is 2.20. The predicted octanol–water partition coefficient (Wildman–Crippen LogP) is 0.750. The van der Waals surface area contributed by atoms with Crippen LogP contribution in [0.3, 0.4) is 0 Å². The van der Waals surface area contributed by atoms with Gasteiger partial charge < -0.3 is 10.4 Å². The fraction of sp³-hybridized carbons (Fsp3) is 1.00. The summed E-state index contributed by atoms with van der Waals surface area (Å²) in [6.07, 6.45) is 4.69. The fourth-order valence-corrected chi connectivity index (χ4v) is 2.03. The van der Waals surface area contributed by atoms with Crippen LogP contribution in [0.4, 0.5) is 0 Å². The Kier molecular flexibility index (Phi) is 4.53. The maximum Gasteiger partial charge on any atom is 0.0235 e. The minimum Gasteiger partial charge on any atom is -0.317 e. The maximum absolute atomic E-state index is 8.52. The summed E-state index contributed by atoms with van der Waals surface area (Å²) < 4.78 is 0. The highest BCUT2D eigenvalue weighted by atomic mass is 16.5. The van der Waals surface area contributed by atoms with E-state index in [1.165, 1.54) is 19.3 Å². The summed E-state index contributed by atoms with van der Waals surface area (Å²) in [5, 5.41) is 17.0. The Bertz CT molecular complexity index is 106. The fourth-order valence-electron chi connectivity index (χ4n) is 2.03. The SMILES string of the molecule is ONCC1CCCC(CNO)C1. The lowest BCUT2D eigenvalue weighted by molar-refractivity contribution is 0.106. The van der Waals surface area contributed by atoms with Gasteiger partial charge in [0.05, 0.1) is 0 Å². The summed E-state index contributed by atoms with van der Waals surface area (Å²) >= 11 is 0. The lowest BCUT2D eigenvalue weighted by Gasteiger charge is -2.28. The topological polar surface area (TPSA) is 64.5 Å². The van der Waals surface area contributed by atoms with Gasteiger partial charge in [0.15, 0.2) is 0 Å². The van der Waals surface area contributed by atoms with E-state index >= 15 is 0 Å². The van der Waals surface area contributed by atoms with Gasteiger partial charge in [0.2, 0.25) is 0 Å². The summed E-state index contributed by atoms with van der Waals surface area (Å²) in [4.78, 5) is 0. The van der Waals surface area contributed by atoms with E-state index in [-0.39, 0.29) is 0 Å². The first-order valence-corrected chi connectivity index (χ1v) is 4.60. The zero-order valence-electron chi connectivity index (χ0n) is 7.29. The molecule has 0 spiro atoms. The predicted molar refractivity (Wildman–Crippen MR) is 45.0 cm³/mol. The summed E-state index contributed by atoms with van der Waals surface area (Å²) in [6.45, 7) is 1.36. The molecule has 0 bridgehead atoms. The molecular formula is C8H18N2O2. The van der Waals surface area contributed by atoms with Crippen LogP contribution in [0.1, 0.15) is 25.7 Å². The Morgan fingerprint density at radius 3 is 1.92 bits per heavy atom. The normalized spacial score (nSPS) is 30.5. The van der Waals surface area contributed by atoms with E-state index in [1.54, 1.807) is 0 Å². The Hall–Kier alpha value is -0.160. The lowest BCUT2D eigenvalue weighted by atomic mass is 9.81. The average molecular weight is 174 g/mol. The van der Waals surface area contributed by atoms with Crippen molar-refractivity contribution >= 4 is 0 Å². The van der Waals surface area contributed by atoms with Gasteiger partial charge in [-0.3, -0.25) is 0 Å². The third-order valence-electron chi connectivity index (χ3n) is 2.65. The molecule has 0 aromatic carbocycles. The standard InChI is InChI=1S/C8H18N2O2/c11-9-5-7-2-1-3-8(4-7)6-10-12/h7-12H,1-6H2. The van der Waals surface area contributed by atoms with Crippen molar-refractivity contribution in [1.29, 1.82) is 0 Å². The third kappa shape index (κ3) is 3.06. The van der Waals surface area contributed by atoms with Crippen molar-refractivity contribution in [3.8, 4) is 0 Å². The smallest absolute Gasteiger partial charge is 0.0235 e. The van der Waals surface area contributed by atoms with Gasteiger partial charge >= 0.3 is 0 Å². The van der Waals surface area contributed by atoms with Crippen LogP contribution in [0.2, 0.25) is 0 Å². The molecular weight excluding hydrogens is 156 g/mol. The molecule has 0 heterocycles. The number of nitrogens with one attached hydrogen (secondary N) is 2. The molecule has 1 saturated carbocycles. The van der Waals surface area contributed by atoms with Gasteiger partial charge in [-0.15, -0.1) is 0 Å². The Morgan fingerprint density at radius 1 is 1.00 bits per heavy atom. The van der Waals surface area contributed by atoms with Crippen molar-refractivity contribution in [2.75, 3.05) is 13.1 Å². The van der Waals surface area contributed by atoms with Gasteiger partial charge in [-0.1, -0.05) is 6.42 Å². The second kappa shape index (κ2) is 5.48. The molecule has 1 aliphatic carbocycles. The van der Waals surface area contributed by atoms with E-state index in [0.717, 1.165) is 6.42 Å². The summed E-state index contributed by atoms with van der Waals surface area (Å²) in [5.41, 5.74) is 4.43. The zero-order chi connectivity index (χ0) is 8.81. The van der Waals surface area contributed by atoms with Crippen LogP contribution >= 0.6 is 0 Å². The Labute approximate surface area is 72.9 Å². The second-order valence-electron chi connectivity index (χ2n) is 3.62. The van der Waals surface area contributed by atoms with Crippen LogP contribution in [0, 0.1) is 11.8 Å². The summed E-state index contributed by atoms with van der Waals surface area (Å²) in [5.74, 6) is 1.14. The largest absolute Gasteiger partial charge is 0.317 e. The van der Waals surface area contributed by atoms with E-state index in [9.17, 15) is 0 Å². The molecule has 0 aliphatic heterocycles. The van der Waals surface area contributed by atoms with Crippen molar-refractivity contribution in [1.82, 2.24) is 11.0 Å². The first-order chi connectivity index (χ1) is 5.86.